The van der Waals surface area contributed by atoms with Gasteiger partial charge in [0, 0.05) is 24.4 Å². The molecule has 0 aliphatic heterocycles. The van der Waals surface area contributed by atoms with Crippen molar-refractivity contribution in [2.75, 3.05) is 6.54 Å². The molecule has 25 heavy (non-hydrogen) atoms. The number of hydrogen-bond donors (Lipinski definition) is 2. The molecule has 1 fully saturated rings. The van der Waals surface area contributed by atoms with Crippen LogP contribution in [-0.4, -0.2) is 18.4 Å². The lowest BCUT2D eigenvalue weighted by Crippen LogP contribution is -2.42. The van der Waals surface area contributed by atoms with Gasteiger partial charge in [-0.3, -0.25) is 9.59 Å². The Morgan fingerprint density at radius 3 is 2.32 bits per heavy atom. The Kier molecular flexibility index (Phi) is 6.91. The van der Waals surface area contributed by atoms with Crippen LogP contribution in [0.25, 0.3) is 0 Å². The number of primary amides is 1. The Morgan fingerprint density at radius 1 is 1.20 bits per heavy atom. The van der Waals surface area contributed by atoms with Crippen molar-refractivity contribution in [3.8, 4) is 0 Å². The summed E-state index contributed by atoms with van der Waals surface area (Å²) < 4.78 is 26.7. The summed E-state index contributed by atoms with van der Waals surface area (Å²) in [6.07, 6.45) is 4.51. The number of hydrogen-bond acceptors (Lipinski definition) is 2. The molecule has 0 bridgehead atoms. The van der Waals surface area contributed by atoms with Crippen molar-refractivity contribution in [1.29, 1.82) is 0 Å². The van der Waals surface area contributed by atoms with Gasteiger partial charge in [-0.05, 0) is 49.8 Å². The normalized spacial score (nSPS) is 16.8. The van der Waals surface area contributed by atoms with Gasteiger partial charge < -0.3 is 11.1 Å². The van der Waals surface area contributed by atoms with Crippen LogP contribution < -0.4 is 11.1 Å². The van der Waals surface area contributed by atoms with E-state index in [-0.39, 0.29) is 5.91 Å². The van der Waals surface area contributed by atoms with Crippen LogP contribution in [0.5, 0.6) is 0 Å². The number of nitrogens with one attached hydrogen (secondary N) is 1. The smallest absolute Gasteiger partial charge is 0.223 e. The molecule has 0 saturated heterocycles. The van der Waals surface area contributed by atoms with Crippen LogP contribution in [0.1, 0.15) is 44.6 Å². The third-order valence-corrected chi connectivity index (χ3v) is 5.02. The Bertz CT molecular complexity index is 597. The molecule has 6 heteroatoms. The molecular weight excluding hydrogens is 326 g/mol. The lowest BCUT2D eigenvalue weighted by molar-refractivity contribution is -0.134. The van der Waals surface area contributed by atoms with E-state index >= 15 is 0 Å². The molecule has 1 aliphatic carbocycles. The van der Waals surface area contributed by atoms with Crippen molar-refractivity contribution in [3.05, 3.63) is 35.4 Å². The van der Waals surface area contributed by atoms with Gasteiger partial charge in [-0.15, -0.1) is 0 Å². The minimum absolute atomic E-state index is 0.163. The maximum Gasteiger partial charge on any atom is 0.223 e. The maximum atomic E-state index is 13.3. The number of aryl methyl sites for hydroxylation is 1. The van der Waals surface area contributed by atoms with Crippen LogP contribution in [0.3, 0.4) is 0 Å². The van der Waals surface area contributed by atoms with E-state index < -0.39 is 29.4 Å². The summed E-state index contributed by atoms with van der Waals surface area (Å²) in [4.78, 5) is 24.4. The zero-order valence-corrected chi connectivity index (χ0v) is 14.6. The average Bonchev–Trinajstić information content (AvgIpc) is 2.47. The Balaban J connectivity index is 2.10. The summed E-state index contributed by atoms with van der Waals surface area (Å²) in [5.74, 6) is -2.68. The number of nitrogens with two attached hydrogens (primary N) is 1. The van der Waals surface area contributed by atoms with Crippen molar-refractivity contribution in [2.45, 2.75) is 45.4 Å². The first kappa shape index (κ1) is 19.3. The molecule has 0 aromatic heterocycles. The van der Waals surface area contributed by atoms with E-state index in [0.29, 0.717) is 37.3 Å². The van der Waals surface area contributed by atoms with Crippen LogP contribution in [-0.2, 0) is 16.0 Å². The van der Waals surface area contributed by atoms with Crippen molar-refractivity contribution < 1.29 is 18.4 Å². The van der Waals surface area contributed by atoms with Gasteiger partial charge in [-0.1, -0.05) is 19.3 Å². The van der Waals surface area contributed by atoms with Gasteiger partial charge in [0.25, 0.3) is 0 Å². The Morgan fingerprint density at radius 2 is 1.84 bits per heavy atom. The summed E-state index contributed by atoms with van der Waals surface area (Å²) in [7, 11) is 0. The summed E-state index contributed by atoms with van der Waals surface area (Å²) in [6.45, 7) is 2.31. The lowest BCUT2D eigenvalue weighted by atomic mass is 9.73. The molecule has 2 atom stereocenters. The number of carbonyl (C=O) groups excluding carboxylic acids is 2. The third kappa shape index (κ3) is 5.51. The molecule has 0 radical (unpaired) electrons. The van der Waals surface area contributed by atoms with Gasteiger partial charge in [-0.2, -0.15) is 0 Å². The van der Waals surface area contributed by atoms with Crippen LogP contribution in [0.15, 0.2) is 18.2 Å². The molecule has 1 unspecified atom stereocenters. The number of carbonyl (C=O) groups is 2. The monoisotopic (exact) mass is 352 g/mol. The number of halogens is 2. The zero-order chi connectivity index (χ0) is 18.4. The topological polar surface area (TPSA) is 72.2 Å². The first-order chi connectivity index (χ1) is 11.9. The molecule has 1 aromatic carbocycles. The van der Waals surface area contributed by atoms with Crippen molar-refractivity contribution in [2.24, 2.45) is 23.5 Å². The fourth-order valence-electron chi connectivity index (χ4n) is 3.47. The van der Waals surface area contributed by atoms with Gasteiger partial charge in [0.2, 0.25) is 11.8 Å². The summed E-state index contributed by atoms with van der Waals surface area (Å²) in [5.41, 5.74) is 6.02. The minimum Gasteiger partial charge on any atom is -0.369 e. The van der Waals surface area contributed by atoms with Gasteiger partial charge in [0.1, 0.15) is 11.6 Å². The summed E-state index contributed by atoms with van der Waals surface area (Å²) >= 11 is 0. The predicted molar refractivity (Wildman–Crippen MR) is 91.5 cm³/mol. The largest absolute Gasteiger partial charge is 0.369 e. The molecule has 0 spiro atoms. The summed E-state index contributed by atoms with van der Waals surface area (Å²) in [6, 6.07) is 3.30. The molecule has 2 rings (SSSR count). The number of amides is 2. The second-order valence-electron chi connectivity index (χ2n) is 6.86. The van der Waals surface area contributed by atoms with Crippen LogP contribution >= 0.6 is 0 Å². The Labute approximate surface area is 147 Å². The highest BCUT2D eigenvalue weighted by Gasteiger charge is 2.35. The number of benzene rings is 1. The van der Waals surface area contributed by atoms with Gasteiger partial charge in [0.15, 0.2) is 0 Å². The van der Waals surface area contributed by atoms with Gasteiger partial charge >= 0.3 is 0 Å². The molecule has 1 saturated carbocycles. The highest BCUT2D eigenvalue weighted by molar-refractivity contribution is 5.86. The first-order valence-electron chi connectivity index (χ1n) is 8.92. The van der Waals surface area contributed by atoms with Crippen LogP contribution in [0.2, 0.25) is 0 Å². The molecule has 2 amide bonds. The molecule has 3 N–H and O–H groups in total. The molecular formula is C19H26F2N2O2. The summed E-state index contributed by atoms with van der Waals surface area (Å²) in [5, 5.41) is 2.78. The fourth-order valence-corrected chi connectivity index (χ4v) is 3.47. The van der Waals surface area contributed by atoms with E-state index in [1.807, 2.05) is 6.92 Å². The van der Waals surface area contributed by atoms with E-state index in [1.165, 1.54) is 12.1 Å². The zero-order valence-electron chi connectivity index (χ0n) is 14.6. The van der Waals surface area contributed by atoms with E-state index in [0.717, 1.165) is 25.3 Å². The van der Waals surface area contributed by atoms with Crippen molar-refractivity contribution in [3.63, 3.8) is 0 Å². The predicted octanol–water partition coefficient (Wildman–Crippen LogP) is 2.94. The van der Waals surface area contributed by atoms with E-state index in [9.17, 15) is 18.4 Å². The average molecular weight is 352 g/mol. The number of rotatable bonds is 9. The minimum atomic E-state index is -0.652. The second-order valence-corrected chi connectivity index (χ2v) is 6.86. The highest BCUT2D eigenvalue weighted by Crippen LogP contribution is 2.35. The molecule has 0 heterocycles. The maximum absolute atomic E-state index is 13.3. The lowest BCUT2D eigenvalue weighted by Gasteiger charge is -2.32. The first-order valence-corrected chi connectivity index (χ1v) is 8.92. The van der Waals surface area contributed by atoms with E-state index in [1.54, 1.807) is 0 Å². The van der Waals surface area contributed by atoms with Gasteiger partial charge in [-0.25, -0.2) is 8.78 Å². The van der Waals surface area contributed by atoms with Crippen molar-refractivity contribution >= 4 is 11.8 Å². The fraction of sp³-hybridized carbons (Fsp3) is 0.579. The van der Waals surface area contributed by atoms with Gasteiger partial charge in [0.05, 0.1) is 0 Å². The molecule has 1 aliphatic rings. The molecule has 138 valence electrons. The SMILES string of the molecule is CCNC(=O)C(CC1CCC1)[C@H](CCc1cc(F)cc(F)c1)C(N)=O. The van der Waals surface area contributed by atoms with E-state index in [2.05, 4.69) is 5.32 Å². The Hall–Kier alpha value is -1.98. The highest BCUT2D eigenvalue weighted by atomic mass is 19.1. The standard InChI is InChI=1S/C19H26F2N2O2/c1-2-23-19(25)17(10-12-4-3-5-12)16(18(22)24)7-6-13-8-14(20)11-15(21)9-13/h8-9,11-12,16-17H,2-7,10H2,1H3,(H2,22,24)(H,23,25)/t16-,17?/m0/s1. The molecule has 1 aromatic rings. The van der Waals surface area contributed by atoms with Crippen molar-refractivity contribution in [1.82, 2.24) is 5.32 Å². The van der Waals surface area contributed by atoms with Crippen LogP contribution in [0, 0.1) is 29.4 Å². The van der Waals surface area contributed by atoms with Crippen LogP contribution in [0.4, 0.5) is 8.78 Å². The second kappa shape index (κ2) is 8.92. The van der Waals surface area contributed by atoms with E-state index in [4.69, 9.17) is 5.73 Å². The molecule has 4 nitrogen and oxygen atoms in total. The quantitative estimate of drug-likeness (QED) is 0.717. The third-order valence-electron chi connectivity index (χ3n) is 5.02.